The zero-order chi connectivity index (χ0) is 14.5. The van der Waals surface area contributed by atoms with Gasteiger partial charge in [0.2, 0.25) is 5.91 Å². The van der Waals surface area contributed by atoms with Gasteiger partial charge in [-0.3, -0.25) is 4.79 Å². The van der Waals surface area contributed by atoms with Crippen molar-refractivity contribution in [1.82, 2.24) is 10.6 Å². The molecule has 1 saturated heterocycles. The molecule has 2 N–H and O–H groups in total. The Bertz CT molecular complexity index is 485. The molecule has 1 amide bonds. The lowest BCUT2D eigenvalue weighted by Crippen LogP contribution is -2.40. The second-order valence-corrected chi connectivity index (χ2v) is 6.04. The Morgan fingerprint density at radius 1 is 1.23 bits per heavy atom. The average molecular weight is 325 g/mol. The predicted octanol–water partition coefficient (Wildman–Crippen LogP) is 2.66. The van der Waals surface area contributed by atoms with Crippen molar-refractivity contribution in [2.24, 2.45) is 5.92 Å². The van der Waals surface area contributed by atoms with Crippen molar-refractivity contribution >= 4 is 18.3 Å². The van der Waals surface area contributed by atoms with E-state index in [0.29, 0.717) is 12.6 Å². The number of para-hydroxylation sites is 1. The zero-order valence-corrected chi connectivity index (χ0v) is 13.7. The molecular weight excluding hydrogens is 300 g/mol. The average Bonchev–Trinajstić information content (AvgIpc) is 2.50. The highest BCUT2D eigenvalue weighted by molar-refractivity contribution is 5.85. The van der Waals surface area contributed by atoms with Gasteiger partial charge in [0.05, 0.1) is 12.0 Å². The van der Waals surface area contributed by atoms with E-state index in [-0.39, 0.29) is 24.2 Å². The highest BCUT2D eigenvalue weighted by Crippen LogP contribution is 2.27. The van der Waals surface area contributed by atoms with Crippen molar-refractivity contribution in [3.8, 4) is 5.75 Å². The van der Waals surface area contributed by atoms with Gasteiger partial charge in [0.1, 0.15) is 5.75 Å². The maximum Gasteiger partial charge on any atom is 0.224 e. The minimum absolute atomic E-state index is 0. The summed E-state index contributed by atoms with van der Waals surface area (Å²) in [6.45, 7) is 2.38. The number of piperidine rings is 1. The highest BCUT2D eigenvalue weighted by Gasteiger charge is 2.22. The number of carbonyl (C=O) groups is 1. The lowest BCUT2D eigenvalue weighted by molar-refractivity contribution is -0.125. The molecule has 2 fully saturated rings. The third-order valence-corrected chi connectivity index (χ3v) is 4.44. The van der Waals surface area contributed by atoms with Gasteiger partial charge in [-0.25, -0.2) is 0 Å². The van der Waals surface area contributed by atoms with Gasteiger partial charge in [0, 0.05) is 18.7 Å². The van der Waals surface area contributed by atoms with Crippen LogP contribution in [-0.4, -0.2) is 25.1 Å². The number of ether oxygens (including phenoxy) is 1. The fourth-order valence-electron chi connectivity index (χ4n) is 2.84. The van der Waals surface area contributed by atoms with Crippen LogP contribution in [0.5, 0.6) is 5.75 Å². The van der Waals surface area contributed by atoms with Crippen LogP contribution in [0.1, 0.15) is 37.7 Å². The summed E-state index contributed by atoms with van der Waals surface area (Å²) in [4.78, 5) is 12.2. The summed E-state index contributed by atoms with van der Waals surface area (Å²) in [7, 11) is 0. The molecule has 1 aromatic carbocycles. The van der Waals surface area contributed by atoms with Crippen molar-refractivity contribution in [3.05, 3.63) is 29.8 Å². The van der Waals surface area contributed by atoms with E-state index < -0.39 is 0 Å². The minimum atomic E-state index is 0. The molecule has 4 nitrogen and oxygen atoms in total. The zero-order valence-electron chi connectivity index (χ0n) is 12.8. The standard InChI is InChI=1S/C17H24N2O2.ClH/c20-17(14-6-4-10-18-11-14)19-12-13-5-1-2-9-16(13)21-15-7-3-8-15;/h1-2,5,9,14-15,18H,3-4,6-8,10-12H2,(H,19,20);1H. The van der Waals surface area contributed by atoms with Gasteiger partial charge in [-0.2, -0.15) is 0 Å². The molecule has 0 aromatic heterocycles. The summed E-state index contributed by atoms with van der Waals surface area (Å²) >= 11 is 0. The highest BCUT2D eigenvalue weighted by atomic mass is 35.5. The fraction of sp³-hybridized carbons (Fsp3) is 0.588. The van der Waals surface area contributed by atoms with Gasteiger partial charge >= 0.3 is 0 Å². The van der Waals surface area contributed by atoms with E-state index in [4.69, 9.17) is 4.74 Å². The first-order chi connectivity index (χ1) is 10.3. The van der Waals surface area contributed by atoms with E-state index >= 15 is 0 Å². The monoisotopic (exact) mass is 324 g/mol. The van der Waals surface area contributed by atoms with Crippen LogP contribution in [0.15, 0.2) is 24.3 Å². The fourth-order valence-corrected chi connectivity index (χ4v) is 2.84. The van der Waals surface area contributed by atoms with Crippen LogP contribution in [0.25, 0.3) is 0 Å². The van der Waals surface area contributed by atoms with Crippen molar-refractivity contribution < 1.29 is 9.53 Å². The third kappa shape index (κ3) is 4.37. The molecule has 22 heavy (non-hydrogen) atoms. The van der Waals surface area contributed by atoms with E-state index in [1.807, 2.05) is 24.3 Å². The smallest absolute Gasteiger partial charge is 0.224 e. The van der Waals surface area contributed by atoms with Gasteiger partial charge in [-0.15, -0.1) is 12.4 Å². The lowest BCUT2D eigenvalue weighted by atomic mass is 9.96. The van der Waals surface area contributed by atoms with Crippen molar-refractivity contribution in [1.29, 1.82) is 0 Å². The van der Waals surface area contributed by atoms with Crippen LogP contribution in [0.2, 0.25) is 0 Å². The van der Waals surface area contributed by atoms with Gasteiger partial charge in [-0.05, 0) is 44.7 Å². The number of rotatable bonds is 5. The van der Waals surface area contributed by atoms with Crippen LogP contribution >= 0.6 is 12.4 Å². The van der Waals surface area contributed by atoms with E-state index in [1.54, 1.807) is 0 Å². The molecule has 1 unspecified atom stereocenters. The molecule has 3 rings (SSSR count). The van der Waals surface area contributed by atoms with Gasteiger partial charge in [0.15, 0.2) is 0 Å². The number of benzene rings is 1. The Morgan fingerprint density at radius 3 is 2.73 bits per heavy atom. The maximum atomic E-state index is 12.2. The molecule has 5 heteroatoms. The van der Waals surface area contributed by atoms with Gasteiger partial charge in [-0.1, -0.05) is 18.2 Å². The molecule has 0 spiro atoms. The second kappa shape index (κ2) is 8.39. The van der Waals surface area contributed by atoms with Gasteiger partial charge in [0.25, 0.3) is 0 Å². The molecule has 1 atom stereocenters. The number of amides is 1. The Morgan fingerprint density at radius 2 is 2.05 bits per heavy atom. The molecule has 1 aromatic rings. The summed E-state index contributed by atoms with van der Waals surface area (Å²) in [5.74, 6) is 1.18. The molecule has 0 radical (unpaired) electrons. The maximum absolute atomic E-state index is 12.2. The first-order valence-electron chi connectivity index (χ1n) is 8.06. The first kappa shape index (κ1) is 17.1. The number of carbonyl (C=O) groups excluding carboxylic acids is 1. The molecule has 0 bridgehead atoms. The molecule has 1 saturated carbocycles. The summed E-state index contributed by atoms with van der Waals surface area (Å²) in [5.41, 5.74) is 1.07. The molecular formula is C17H25ClN2O2. The van der Waals surface area contributed by atoms with E-state index in [1.165, 1.54) is 6.42 Å². The van der Waals surface area contributed by atoms with Crippen LogP contribution in [-0.2, 0) is 11.3 Å². The van der Waals surface area contributed by atoms with E-state index in [9.17, 15) is 4.79 Å². The van der Waals surface area contributed by atoms with Crippen molar-refractivity contribution in [2.45, 2.75) is 44.8 Å². The van der Waals surface area contributed by atoms with Crippen LogP contribution in [0.4, 0.5) is 0 Å². The Hall–Kier alpha value is -1.26. The predicted molar refractivity (Wildman–Crippen MR) is 89.4 cm³/mol. The van der Waals surface area contributed by atoms with E-state index in [0.717, 1.165) is 50.1 Å². The topological polar surface area (TPSA) is 50.4 Å². The normalized spacial score (nSPS) is 21.4. The second-order valence-electron chi connectivity index (χ2n) is 6.04. The summed E-state index contributed by atoms with van der Waals surface area (Å²) < 4.78 is 6.00. The molecule has 1 heterocycles. The van der Waals surface area contributed by atoms with Crippen LogP contribution in [0.3, 0.4) is 0 Å². The Labute approximate surface area is 138 Å². The van der Waals surface area contributed by atoms with Crippen molar-refractivity contribution in [3.63, 3.8) is 0 Å². The molecule has 122 valence electrons. The van der Waals surface area contributed by atoms with Gasteiger partial charge < -0.3 is 15.4 Å². The lowest BCUT2D eigenvalue weighted by Gasteiger charge is -2.27. The largest absolute Gasteiger partial charge is 0.490 e. The summed E-state index contributed by atoms with van der Waals surface area (Å²) in [6, 6.07) is 8.02. The van der Waals surface area contributed by atoms with Crippen molar-refractivity contribution in [2.75, 3.05) is 13.1 Å². The third-order valence-electron chi connectivity index (χ3n) is 4.44. The summed E-state index contributed by atoms with van der Waals surface area (Å²) in [6.07, 6.45) is 5.99. The number of halogens is 1. The number of hydrogen-bond acceptors (Lipinski definition) is 3. The van der Waals surface area contributed by atoms with E-state index in [2.05, 4.69) is 10.6 Å². The number of hydrogen-bond donors (Lipinski definition) is 2. The number of nitrogens with one attached hydrogen (secondary N) is 2. The minimum Gasteiger partial charge on any atom is -0.490 e. The van der Waals surface area contributed by atoms with Crippen LogP contribution < -0.4 is 15.4 Å². The SMILES string of the molecule is Cl.O=C(NCc1ccccc1OC1CCC1)C1CCCNC1. The quantitative estimate of drug-likeness (QED) is 0.875. The first-order valence-corrected chi connectivity index (χ1v) is 8.06. The van der Waals surface area contributed by atoms with Crippen LogP contribution in [0, 0.1) is 5.92 Å². The molecule has 2 aliphatic rings. The molecule has 1 aliphatic carbocycles. The Kier molecular flexibility index (Phi) is 6.52. The Balaban J connectivity index is 0.00000176. The molecule has 1 aliphatic heterocycles. The summed E-state index contributed by atoms with van der Waals surface area (Å²) in [5, 5.41) is 6.34.